The first-order chi connectivity index (χ1) is 14.2. The quantitative estimate of drug-likeness (QED) is 0.212. The van der Waals surface area contributed by atoms with Gasteiger partial charge < -0.3 is 26.0 Å². The van der Waals surface area contributed by atoms with Crippen LogP contribution in [-0.2, 0) is 14.4 Å². The van der Waals surface area contributed by atoms with Gasteiger partial charge in [0.05, 0.1) is 12.2 Å². The number of carbonyl (C=O) groups excluding carboxylic acids is 2. The number of hydrogen-bond donors (Lipinski definition) is 5. The topological polar surface area (TPSA) is 136 Å². The standard InChI is InChI=1S/C22H42N2O6/c1-4-6-8-9-10-11-13-15-18(27)23-19(16(3)25)21(28)24-20(22(29)30)17(26)14-12-7-5-2/h16-17,19-20,25-26H,4-15H2,1-3H3,(H,23,27)(H,24,28)(H,29,30). The van der Waals surface area contributed by atoms with Crippen molar-refractivity contribution in [2.45, 2.75) is 122 Å². The molecular formula is C22H42N2O6. The SMILES string of the molecule is CCCCCCCCCC(=O)NC(C(=O)NC(C(=O)O)C(O)CCCCC)C(C)O. The van der Waals surface area contributed by atoms with Gasteiger partial charge in [-0.15, -0.1) is 0 Å². The Balaban J connectivity index is 4.58. The summed E-state index contributed by atoms with van der Waals surface area (Å²) in [5, 5.41) is 34.1. The van der Waals surface area contributed by atoms with Gasteiger partial charge in [0.25, 0.3) is 0 Å². The van der Waals surface area contributed by atoms with E-state index in [2.05, 4.69) is 17.6 Å². The van der Waals surface area contributed by atoms with Crippen molar-refractivity contribution in [3.63, 3.8) is 0 Å². The van der Waals surface area contributed by atoms with Crippen molar-refractivity contribution >= 4 is 17.8 Å². The molecular weight excluding hydrogens is 388 g/mol. The summed E-state index contributed by atoms with van der Waals surface area (Å²) in [6, 6.07) is -2.76. The fraction of sp³-hybridized carbons (Fsp3) is 0.864. The number of carboxylic acid groups (broad SMARTS) is 1. The second-order valence-corrected chi connectivity index (χ2v) is 8.04. The fourth-order valence-electron chi connectivity index (χ4n) is 3.23. The highest BCUT2D eigenvalue weighted by atomic mass is 16.4. The second-order valence-electron chi connectivity index (χ2n) is 8.04. The molecule has 176 valence electrons. The van der Waals surface area contributed by atoms with Gasteiger partial charge in [0.15, 0.2) is 6.04 Å². The molecule has 0 bridgehead atoms. The van der Waals surface area contributed by atoms with Gasteiger partial charge in [0, 0.05) is 6.42 Å². The third kappa shape index (κ3) is 12.8. The minimum atomic E-state index is -1.49. The van der Waals surface area contributed by atoms with Gasteiger partial charge in [-0.2, -0.15) is 0 Å². The molecule has 0 aromatic heterocycles. The predicted octanol–water partition coefficient (Wildman–Crippen LogP) is 2.50. The third-order valence-electron chi connectivity index (χ3n) is 5.14. The van der Waals surface area contributed by atoms with Gasteiger partial charge in [0.2, 0.25) is 11.8 Å². The van der Waals surface area contributed by atoms with E-state index in [0.29, 0.717) is 12.8 Å². The first-order valence-electron chi connectivity index (χ1n) is 11.4. The monoisotopic (exact) mass is 430 g/mol. The van der Waals surface area contributed by atoms with E-state index in [1.54, 1.807) is 0 Å². The van der Waals surface area contributed by atoms with Gasteiger partial charge >= 0.3 is 5.97 Å². The molecule has 0 rings (SSSR count). The number of aliphatic hydroxyl groups is 2. The molecule has 0 heterocycles. The molecule has 5 N–H and O–H groups in total. The van der Waals surface area contributed by atoms with Gasteiger partial charge in [-0.1, -0.05) is 71.6 Å². The zero-order valence-corrected chi connectivity index (χ0v) is 18.9. The van der Waals surface area contributed by atoms with E-state index in [0.717, 1.165) is 32.1 Å². The van der Waals surface area contributed by atoms with Crippen LogP contribution in [0.2, 0.25) is 0 Å². The van der Waals surface area contributed by atoms with Crippen molar-refractivity contribution in [3.8, 4) is 0 Å². The molecule has 0 saturated heterocycles. The lowest BCUT2D eigenvalue weighted by atomic mass is 10.0. The normalized spacial score (nSPS) is 15.1. The van der Waals surface area contributed by atoms with E-state index < -0.39 is 36.2 Å². The molecule has 0 spiro atoms. The van der Waals surface area contributed by atoms with Crippen molar-refractivity contribution in [3.05, 3.63) is 0 Å². The highest BCUT2D eigenvalue weighted by molar-refractivity contribution is 5.91. The van der Waals surface area contributed by atoms with Crippen LogP contribution in [0.15, 0.2) is 0 Å². The molecule has 0 aliphatic rings. The first-order valence-corrected chi connectivity index (χ1v) is 11.4. The number of aliphatic carboxylic acids is 1. The summed E-state index contributed by atoms with van der Waals surface area (Å²) in [4.78, 5) is 36.1. The van der Waals surface area contributed by atoms with Gasteiger partial charge in [-0.3, -0.25) is 9.59 Å². The number of nitrogens with one attached hydrogen (secondary N) is 2. The highest BCUT2D eigenvalue weighted by Gasteiger charge is 2.33. The summed E-state index contributed by atoms with van der Waals surface area (Å²) in [7, 11) is 0. The number of hydrogen-bond acceptors (Lipinski definition) is 5. The molecule has 0 fully saturated rings. The molecule has 0 radical (unpaired) electrons. The van der Waals surface area contributed by atoms with Crippen LogP contribution >= 0.6 is 0 Å². The maximum absolute atomic E-state index is 12.5. The maximum atomic E-state index is 12.5. The Bertz CT molecular complexity index is 498. The third-order valence-corrected chi connectivity index (χ3v) is 5.14. The fourth-order valence-corrected chi connectivity index (χ4v) is 3.23. The van der Waals surface area contributed by atoms with E-state index in [-0.39, 0.29) is 18.7 Å². The molecule has 4 unspecified atom stereocenters. The zero-order chi connectivity index (χ0) is 22.9. The molecule has 8 heteroatoms. The minimum Gasteiger partial charge on any atom is -0.480 e. The van der Waals surface area contributed by atoms with E-state index in [1.807, 2.05) is 6.92 Å². The van der Waals surface area contributed by atoms with Crippen molar-refractivity contribution in [2.75, 3.05) is 0 Å². The molecule has 2 amide bonds. The van der Waals surface area contributed by atoms with Crippen LogP contribution in [0.5, 0.6) is 0 Å². The number of unbranched alkanes of at least 4 members (excludes halogenated alkanes) is 8. The number of amides is 2. The molecule has 0 aromatic carbocycles. The van der Waals surface area contributed by atoms with Crippen molar-refractivity contribution in [1.29, 1.82) is 0 Å². The van der Waals surface area contributed by atoms with Gasteiger partial charge in [0.1, 0.15) is 6.04 Å². The Morgan fingerprint density at radius 1 is 0.767 bits per heavy atom. The largest absolute Gasteiger partial charge is 0.480 e. The minimum absolute atomic E-state index is 0.242. The lowest BCUT2D eigenvalue weighted by Crippen LogP contribution is -2.58. The summed E-state index contributed by atoms with van der Waals surface area (Å²) >= 11 is 0. The molecule has 0 aromatic rings. The number of aliphatic hydroxyl groups excluding tert-OH is 2. The van der Waals surface area contributed by atoms with Crippen LogP contribution in [0.1, 0.15) is 97.8 Å². The molecule has 8 nitrogen and oxygen atoms in total. The zero-order valence-electron chi connectivity index (χ0n) is 18.9. The van der Waals surface area contributed by atoms with Crippen LogP contribution in [0.3, 0.4) is 0 Å². The number of carbonyl (C=O) groups is 3. The van der Waals surface area contributed by atoms with Crippen LogP contribution in [0.25, 0.3) is 0 Å². The van der Waals surface area contributed by atoms with Crippen LogP contribution in [-0.4, -0.2) is 57.4 Å². The number of carboxylic acids is 1. The molecule has 0 aliphatic heterocycles. The summed E-state index contributed by atoms with van der Waals surface area (Å²) in [6.07, 6.45) is 7.89. The lowest BCUT2D eigenvalue weighted by Gasteiger charge is -2.25. The average molecular weight is 431 g/mol. The summed E-state index contributed by atoms with van der Waals surface area (Å²) < 4.78 is 0. The Labute approximate surface area is 180 Å². The first kappa shape index (κ1) is 28.3. The van der Waals surface area contributed by atoms with Crippen LogP contribution in [0.4, 0.5) is 0 Å². The van der Waals surface area contributed by atoms with Crippen LogP contribution in [0, 0.1) is 0 Å². The smallest absolute Gasteiger partial charge is 0.328 e. The summed E-state index contributed by atoms with van der Waals surface area (Å²) in [5.74, 6) is -2.54. The Morgan fingerprint density at radius 3 is 1.83 bits per heavy atom. The number of rotatable bonds is 18. The average Bonchev–Trinajstić information content (AvgIpc) is 2.68. The lowest BCUT2D eigenvalue weighted by molar-refractivity contribution is -0.146. The van der Waals surface area contributed by atoms with E-state index in [1.165, 1.54) is 26.2 Å². The summed E-state index contributed by atoms with van der Waals surface area (Å²) in [6.45, 7) is 5.50. The van der Waals surface area contributed by atoms with E-state index in [9.17, 15) is 29.7 Å². The highest BCUT2D eigenvalue weighted by Crippen LogP contribution is 2.10. The molecule has 0 aliphatic carbocycles. The van der Waals surface area contributed by atoms with Crippen molar-refractivity contribution in [2.24, 2.45) is 0 Å². The van der Waals surface area contributed by atoms with E-state index in [4.69, 9.17) is 0 Å². The van der Waals surface area contributed by atoms with Crippen molar-refractivity contribution < 1.29 is 29.7 Å². The maximum Gasteiger partial charge on any atom is 0.328 e. The Morgan fingerprint density at radius 2 is 1.30 bits per heavy atom. The van der Waals surface area contributed by atoms with E-state index >= 15 is 0 Å². The molecule has 4 atom stereocenters. The molecule has 30 heavy (non-hydrogen) atoms. The Hall–Kier alpha value is -1.67. The molecule has 0 saturated carbocycles. The summed E-state index contributed by atoms with van der Waals surface area (Å²) in [5.41, 5.74) is 0. The predicted molar refractivity (Wildman–Crippen MR) is 116 cm³/mol. The van der Waals surface area contributed by atoms with Crippen LogP contribution < -0.4 is 10.6 Å². The Kier molecular flexibility index (Phi) is 16.1. The van der Waals surface area contributed by atoms with Gasteiger partial charge in [-0.25, -0.2) is 4.79 Å². The van der Waals surface area contributed by atoms with Gasteiger partial charge in [-0.05, 0) is 19.8 Å². The van der Waals surface area contributed by atoms with Crippen molar-refractivity contribution in [1.82, 2.24) is 10.6 Å². The second kappa shape index (κ2) is 17.1.